The molecule has 0 saturated heterocycles. The van der Waals surface area contributed by atoms with Crippen LogP contribution in [0.5, 0.6) is 0 Å². The molecule has 4 nitrogen and oxygen atoms in total. The lowest BCUT2D eigenvalue weighted by Gasteiger charge is -2.10. The van der Waals surface area contributed by atoms with Crippen molar-refractivity contribution >= 4 is 11.9 Å². The van der Waals surface area contributed by atoms with Gasteiger partial charge in [0.15, 0.2) is 0 Å². The van der Waals surface area contributed by atoms with Crippen molar-refractivity contribution in [2.24, 2.45) is 0 Å². The Kier molecular flexibility index (Phi) is 7.08. The number of rotatable bonds is 7. The number of terminal acetylenes is 1. The number of hydrogen-bond acceptors (Lipinski definition) is 2. The normalized spacial score (nSPS) is 11.5. The molecule has 1 unspecified atom stereocenters. The average Bonchev–Trinajstić information content (AvgIpc) is 2.10. The largest absolute Gasteiger partial charge is 0.481 e. The van der Waals surface area contributed by atoms with Gasteiger partial charge in [-0.05, 0) is 19.8 Å². The average molecular weight is 211 g/mol. The Balaban J connectivity index is 3.56. The first-order valence-corrected chi connectivity index (χ1v) is 5.01. The first kappa shape index (κ1) is 13.5. The quantitative estimate of drug-likeness (QED) is 0.490. The number of nitrogens with one attached hydrogen (secondary N) is 1. The topological polar surface area (TPSA) is 66.4 Å². The standard InChI is InChI=1S/C11H17NO3/c1-3-4-5-6-7-10(13)12-9(2)8-11(14)15/h1,9H,4-8H2,2H3,(H,12,13)(H,14,15). The highest BCUT2D eigenvalue weighted by Gasteiger charge is 2.10. The highest BCUT2D eigenvalue weighted by Crippen LogP contribution is 1.99. The first-order chi connectivity index (χ1) is 7.06. The van der Waals surface area contributed by atoms with E-state index in [1.54, 1.807) is 6.92 Å². The van der Waals surface area contributed by atoms with Crippen LogP contribution in [0.1, 0.15) is 39.0 Å². The number of amides is 1. The Bertz CT molecular complexity index is 255. The molecule has 0 aromatic rings. The lowest BCUT2D eigenvalue weighted by atomic mass is 10.1. The minimum atomic E-state index is -0.907. The Morgan fingerprint density at radius 1 is 1.47 bits per heavy atom. The van der Waals surface area contributed by atoms with E-state index in [1.165, 1.54) is 0 Å². The molecule has 0 aliphatic heterocycles. The maximum Gasteiger partial charge on any atom is 0.305 e. The van der Waals surface area contributed by atoms with Gasteiger partial charge in [-0.25, -0.2) is 0 Å². The van der Waals surface area contributed by atoms with Gasteiger partial charge in [0.05, 0.1) is 6.42 Å². The zero-order valence-corrected chi connectivity index (χ0v) is 8.95. The second-order valence-corrected chi connectivity index (χ2v) is 3.48. The minimum absolute atomic E-state index is 0.0455. The number of carbonyl (C=O) groups excluding carboxylic acids is 1. The molecule has 0 heterocycles. The summed E-state index contributed by atoms with van der Waals surface area (Å²) >= 11 is 0. The summed E-state index contributed by atoms with van der Waals surface area (Å²) in [5.74, 6) is 1.48. The van der Waals surface area contributed by atoms with Crippen molar-refractivity contribution in [3.63, 3.8) is 0 Å². The third kappa shape index (κ3) is 8.82. The number of carbonyl (C=O) groups is 2. The molecule has 0 radical (unpaired) electrons. The molecule has 0 saturated carbocycles. The van der Waals surface area contributed by atoms with Crippen molar-refractivity contribution in [1.29, 1.82) is 0 Å². The summed E-state index contributed by atoms with van der Waals surface area (Å²) in [5, 5.41) is 11.1. The van der Waals surface area contributed by atoms with Gasteiger partial charge in [-0.2, -0.15) is 0 Å². The number of aliphatic carboxylic acids is 1. The van der Waals surface area contributed by atoms with E-state index in [0.717, 1.165) is 12.8 Å². The number of carboxylic acids is 1. The van der Waals surface area contributed by atoms with Crippen LogP contribution in [0.2, 0.25) is 0 Å². The molecule has 0 bridgehead atoms. The third-order valence-electron chi connectivity index (χ3n) is 1.86. The SMILES string of the molecule is C#CCCCCC(=O)NC(C)CC(=O)O. The molecule has 0 aliphatic carbocycles. The van der Waals surface area contributed by atoms with Gasteiger partial charge < -0.3 is 10.4 Å². The monoisotopic (exact) mass is 211 g/mol. The highest BCUT2D eigenvalue weighted by molar-refractivity contribution is 5.77. The predicted octanol–water partition coefficient (Wildman–Crippen LogP) is 1.16. The van der Waals surface area contributed by atoms with Crippen molar-refractivity contribution in [2.75, 3.05) is 0 Å². The molecule has 2 N–H and O–H groups in total. The van der Waals surface area contributed by atoms with Crippen LogP contribution in [0.25, 0.3) is 0 Å². The van der Waals surface area contributed by atoms with E-state index >= 15 is 0 Å². The zero-order valence-electron chi connectivity index (χ0n) is 8.95. The van der Waals surface area contributed by atoms with Crippen LogP contribution in [-0.4, -0.2) is 23.0 Å². The van der Waals surface area contributed by atoms with Crippen LogP contribution in [0.15, 0.2) is 0 Å². The molecule has 1 amide bonds. The van der Waals surface area contributed by atoms with Crippen molar-refractivity contribution in [2.45, 2.75) is 45.1 Å². The highest BCUT2D eigenvalue weighted by atomic mass is 16.4. The molecule has 1 atom stereocenters. The summed E-state index contributed by atoms with van der Waals surface area (Å²) in [4.78, 5) is 21.6. The second-order valence-electron chi connectivity index (χ2n) is 3.48. The maximum atomic E-state index is 11.2. The van der Waals surface area contributed by atoms with Gasteiger partial charge >= 0.3 is 5.97 Å². The molecule has 0 aromatic heterocycles. The maximum absolute atomic E-state index is 11.2. The third-order valence-corrected chi connectivity index (χ3v) is 1.86. The summed E-state index contributed by atoms with van der Waals surface area (Å²) in [6, 6.07) is -0.317. The van der Waals surface area contributed by atoms with E-state index in [-0.39, 0.29) is 18.4 Å². The van der Waals surface area contributed by atoms with E-state index < -0.39 is 5.97 Å². The van der Waals surface area contributed by atoms with Crippen LogP contribution >= 0.6 is 0 Å². The van der Waals surface area contributed by atoms with Gasteiger partial charge in [-0.3, -0.25) is 9.59 Å². The van der Waals surface area contributed by atoms with Gasteiger partial charge in [0, 0.05) is 18.9 Å². The summed E-state index contributed by atoms with van der Waals surface area (Å²) in [6.45, 7) is 1.67. The molecular formula is C11H17NO3. The Labute approximate surface area is 90.1 Å². The predicted molar refractivity (Wildman–Crippen MR) is 57.2 cm³/mol. The zero-order chi connectivity index (χ0) is 11.7. The van der Waals surface area contributed by atoms with Crippen molar-refractivity contribution < 1.29 is 14.7 Å². The fourth-order valence-corrected chi connectivity index (χ4v) is 1.17. The minimum Gasteiger partial charge on any atom is -0.481 e. The molecule has 0 spiro atoms. The van der Waals surface area contributed by atoms with Gasteiger partial charge in [-0.1, -0.05) is 0 Å². The fourth-order valence-electron chi connectivity index (χ4n) is 1.17. The van der Waals surface area contributed by atoms with Gasteiger partial charge in [0.2, 0.25) is 5.91 Å². The molecular weight excluding hydrogens is 194 g/mol. The Morgan fingerprint density at radius 2 is 2.13 bits per heavy atom. The fraction of sp³-hybridized carbons (Fsp3) is 0.636. The van der Waals surface area contributed by atoms with Crippen LogP contribution in [0.4, 0.5) is 0 Å². The van der Waals surface area contributed by atoms with Crippen molar-refractivity contribution in [1.82, 2.24) is 5.32 Å². The molecule has 0 fully saturated rings. The van der Waals surface area contributed by atoms with Crippen LogP contribution in [0.3, 0.4) is 0 Å². The molecule has 0 aliphatic rings. The lowest BCUT2D eigenvalue weighted by molar-refractivity contribution is -0.137. The van der Waals surface area contributed by atoms with E-state index in [4.69, 9.17) is 11.5 Å². The van der Waals surface area contributed by atoms with Gasteiger partial charge in [-0.15, -0.1) is 12.3 Å². The van der Waals surface area contributed by atoms with Crippen LogP contribution < -0.4 is 5.32 Å². The van der Waals surface area contributed by atoms with E-state index in [1.807, 2.05) is 0 Å². The molecule has 84 valence electrons. The van der Waals surface area contributed by atoms with Gasteiger partial charge in [0.1, 0.15) is 0 Å². The lowest BCUT2D eigenvalue weighted by Crippen LogP contribution is -2.33. The summed E-state index contributed by atoms with van der Waals surface area (Å²) < 4.78 is 0. The summed E-state index contributed by atoms with van der Waals surface area (Å²) in [7, 11) is 0. The molecule has 0 aromatic carbocycles. The van der Waals surface area contributed by atoms with Crippen LogP contribution in [0, 0.1) is 12.3 Å². The van der Waals surface area contributed by atoms with Crippen molar-refractivity contribution in [3.8, 4) is 12.3 Å². The van der Waals surface area contributed by atoms with E-state index in [2.05, 4.69) is 11.2 Å². The Morgan fingerprint density at radius 3 is 2.67 bits per heavy atom. The van der Waals surface area contributed by atoms with Gasteiger partial charge in [0.25, 0.3) is 0 Å². The smallest absolute Gasteiger partial charge is 0.305 e. The molecule has 15 heavy (non-hydrogen) atoms. The van der Waals surface area contributed by atoms with Crippen molar-refractivity contribution in [3.05, 3.63) is 0 Å². The summed E-state index contributed by atoms with van der Waals surface area (Å²) in [6.07, 6.45) is 7.68. The van der Waals surface area contributed by atoms with E-state index in [0.29, 0.717) is 12.8 Å². The number of hydrogen-bond donors (Lipinski definition) is 2. The van der Waals surface area contributed by atoms with E-state index in [9.17, 15) is 9.59 Å². The number of unbranched alkanes of at least 4 members (excludes halogenated alkanes) is 2. The summed E-state index contributed by atoms with van der Waals surface area (Å²) in [5.41, 5.74) is 0. The molecule has 0 rings (SSSR count). The number of carboxylic acid groups (broad SMARTS) is 1. The second kappa shape index (κ2) is 7.86. The first-order valence-electron chi connectivity index (χ1n) is 5.01. The Hall–Kier alpha value is -1.50. The van der Waals surface area contributed by atoms with Crippen LogP contribution in [-0.2, 0) is 9.59 Å². The molecule has 4 heteroatoms.